The molecule has 0 spiro atoms. The Balaban J connectivity index is 1.36. The summed E-state index contributed by atoms with van der Waals surface area (Å²) in [6.45, 7) is 0. The minimum Gasteiger partial charge on any atom is -0.354 e. The number of aromatic nitrogens is 6. The van der Waals surface area contributed by atoms with E-state index in [9.17, 15) is 26.3 Å². The van der Waals surface area contributed by atoms with Crippen LogP contribution < -0.4 is 0 Å². The fourth-order valence-electron chi connectivity index (χ4n) is 11.5. The summed E-state index contributed by atoms with van der Waals surface area (Å²) in [7, 11) is 0. The van der Waals surface area contributed by atoms with Gasteiger partial charge in [0, 0.05) is 55.4 Å². The van der Waals surface area contributed by atoms with Gasteiger partial charge in [-0.3, -0.25) is 4.98 Å². The predicted molar refractivity (Wildman–Crippen MR) is 307 cm³/mol. The van der Waals surface area contributed by atoms with Crippen LogP contribution in [-0.2, 0) is 0 Å². The minimum absolute atomic E-state index is 0.291. The molecule has 6 nitrogen and oxygen atoms in total. The molecule has 13 rings (SSSR count). The Labute approximate surface area is 563 Å². The second-order valence-corrected chi connectivity index (χ2v) is 22.8. The van der Waals surface area contributed by atoms with Crippen LogP contribution in [0, 0.1) is 175 Å². The molecule has 0 unspecified atom stereocenters. The van der Waals surface area contributed by atoms with Crippen molar-refractivity contribution in [2.75, 3.05) is 0 Å². The number of alkyl halides is 2. The van der Waals surface area contributed by atoms with E-state index in [-0.39, 0.29) is 0 Å². The number of fused-ring (bicyclic) bond motifs is 12. The van der Waals surface area contributed by atoms with Crippen molar-refractivity contribution in [1.82, 2.24) is 29.9 Å². The van der Waals surface area contributed by atoms with E-state index in [4.69, 9.17) is 23.2 Å². The molecule has 3 aromatic heterocycles. The minimum atomic E-state index is -2.98. The molecule has 0 saturated carbocycles. The third-order valence-corrected chi connectivity index (χ3v) is 17.2. The number of aromatic amines is 2. The lowest BCUT2D eigenvalue weighted by Crippen LogP contribution is -2.07. The molecule has 0 aliphatic carbocycles. The number of hydrogen-bond acceptors (Lipinski definition) is 4. The number of hydrogen-bond donors (Lipinski definition) is 2. The zero-order valence-electron chi connectivity index (χ0n) is 48.8. The summed E-state index contributed by atoms with van der Waals surface area (Å²) in [6.07, 6.45) is 1.93. The van der Waals surface area contributed by atoms with E-state index in [0.29, 0.717) is 60.7 Å². The van der Waals surface area contributed by atoms with Crippen molar-refractivity contribution in [1.29, 1.82) is 0 Å². The van der Waals surface area contributed by atoms with Gasteiger partial charge in [0.1, 0.15) is 0 Å². The van der Waals surface area contributed by atoms with Gasteiger partial charge in [-0.15, -0.1) is 23.2 Å². The van der Waals surface area contributed by atoms with Gasteiger partial charge >= 0.3 is 0 Å². The zero-order valence-corrected chi connectivity index (χ0v) is 50.3. The fraction of sp³-hybridized carbons (Fsp3) is 0.0303. The fourth-order valence-corrected chi connectivity index (χ4v) is 12.1. The standard InChI is InChI=1S/C66H14Cl2F30N6/c67-33-34(68)66-26(32-45(79)57(91)64(98)58(92)46(32)80)20-10-8-18(103-20)24(30-41(75)53(87)62(96)54(88)42(30)76)16-6-4-14(101-16)22(28-37(71)49(83)60(94)50(84)38(28)72)12-2-1-11(99-12)21(27-35(69)47(81)59(93)48(82)36(27)70)13-3-5-15(100-13)23(29-39(73)51(85)61(95)52(86)40(29)74)17-7-9-19(102-17)25(65(33)104-66)31-43(77)55(89)63(97)56(90)44(31)78/h1-10,33-34,100,103H/t33-,34-/m0/s1. The molecule has 532 valence electrons. The van der Waals surface area contributed by atoms with Crippen LogP contribution in [0.4, 0.5) is 132 Å². The first-order valence-corrected chi connectivity index (χ1v) is 28.7. The van der Waals surface area contributed by atoms with Gasteiger partial charge in [0.05, 0.1) is 89.7 Å². The van der Waals surface area contributed by atoms with Gasteiger partial charge in [0.2, 0.25) is 34.9 Å². The molecule has 2 atom stereocenters. The van der Waals surface area contributed by atoms with Crippen LogP contribution in [-0.4, -0.2) is 29.9 Å². The maximum atomic E-state index is 16.6. The van der Waals surface area contributed by atoms with Crippen LogP contribution in [0.1, 0.15) is 56.3 Å². The lowest BCUT2D eigenvalue weighted by atomic mass is 9.97. The van der Waals surface area contributed by atoms with Crippen LogP contribution in [0.2, 0.25) is 0 Å². The van der Waals surface area contributed by atoms with Gasteiger partial charge in [-0.25, -0.2) is 147 Å². The SMILES string of the molecule is Fc1c(F)c(F)c(-c2c3nc(c(-c4c(F)c(F)c(F)c(F)c4F)c4ccc([nH]4)c(-c4c(F)c(F)c(F)c(F)c4F)c4nc(c(-c5c(F)c(F)c(F)c(F)c5F)c5nc(c(-c6c(F)c(F)c(F)c(F)c6F)c6ccc([nH]6)c(-c6c(F)c(F)c(F)c(F)c6F)c6nc2C=C6)[C@@H](Cl)[C@@H]5Cl)C=C4)C=C3)c(F)c1F. The van der Waals surface area contributed by atoms with Crippen molar-refractivity contribution in [3.63, 3.8) is 0 Å². The summed E-state index contributed by atoms with van der Waals surface area (Å²) >= 11 is 13.5. The van der Waals surface area contributed by atoms with Gasteiger partial charge in [-0.05, 0) is 60.7 Å². The second kappa shape index (κ2) is 25.4. The molecule has 0 radical (unpaired) electrons. The Morgan fingerprint density at radius 3 is 0.567 bits per heavy atom. The molecule has 2 N–H and O–H groups in total. The van der Waals surface area contributed by atoms with Crippen molar-refractivity contribution in [3.05, 3.63) is 244 Å². The van der Waals surface area contributed by atoms with Gasteiger partial charge in [0.15, 0.2) is 140 Å². The number of halogens is 32. The van der Waals surface area contributed by atoms with Crippen molar-refractivity contribution in [3.8, 4) is 66.8 Å². The lowest BCUT2D eigenvalue weighted by Gasteiger charge is -2.14. The Morgan fingerprint density at radius 2 is 0.337 bits per heavy atom. The van der Waals surface area contributed by atoms with Crippen LogP contribution in [0.5, 0.6) is 0 Å². The molecule has 38 heteroatoms. The first-order chi connectivity index (χ1) is 49.0. The maximum absolute atomic E-state index is 16.6. The van der Waals surface area contributed by atoms with Crippen LogP contribution in [0.15, 0.2) is 24.3 Å². The third kappa shape index (κ3) is 10.4. The highest BCUT2D eigenvalue weighted by Gasteiger charge is 2.42. The Bertz CT molecular complexity index is 5710. The van der Waals surface area contributed by atoms with E-state index < -0.39 is 320 Å². The molecule has 6 aromatic carbocycles. The maximum Gasteiger partial charge on any atom is 0.200 e. The molecule has 7 heterocycles. The number of benzene rings is 6. The topological polar surface area (TPSA) is 83.1 Å². The summed E-state index contributed by atoms with van der Waals surface area (Å²) in [4.78, 5) is 19.6. The molecule has 4 aliphatic rings. The summed E-state index contributed by atoms with van der Waals surface area (Å²) in [5.41, 5.74) is -40.5. The number of rotatable bonds is 6. The first kappa shape index (κ1) is 71.4. The summed E-state index contributed by atoms with van der Waals surface area (Å²) < 4.78 is 475. The molecule has 0 amide bonds. The number of nitrogens with zero attached hydrogens (tertiary/aromatic N) is 4. The van der Waals surface area contributed by atoms with E-state index in [1.165, 1.54) is 0 Å². The summed E-state index contributed by atoms with van der Waals surface area (Å²) in [5, 5.41) is -5.37. The highest BCUT2D eigenvalue weighted by molar-refractivity contribution is 6.31. The van der Waals surface area contributed by atoms with Crippen molar-refractivity contribution >= 4 is 81.7 Å². The van der Waals surface area contributed by atoms with Gasteiger partial charge in [0.25, 0.3) is 0 Å². The molecule has 0 fully saturated rings. The molecular formula is C66H14Cl2F30N6. The van der Waals surface area contributed by atoms with Crippen molar-refractivity contribution in [2.24, 2.45) is 0 Å². The highest BCUT2D eigenvalue weighted by Crippen LogP contribution is 2.53. The molecule has 104 heavy (non-hydrogen) atoms. The zero-order chi connectivity index (χ0) is 75.6. The van der Waals surface area contributed by atoms with Crippen LogP contribution in [0.25, 0.3) is 125 Å². The van der Waals surface area contributed by atoms with Crippen molar-refractivity contribution in [2.45, 2.75) is 10.8 Å². The predicted octanol–water partition coefficient (Wildman–Crippen LogP) is 21.9. The lowest BCUT2D eigenvalue weighted by molar-refractivity contribution is 0.381. The molecule has 12 bridgehead atoms. The summed E-state index contributed by atoms with van der Waals surface area (Å²) in [6, 6.07) is 1.40. The highest BCUT2D eigenvalue weighted by atomic mass is 35.5. The monoisotopic (exact) mass is 1530 g/mol. The van der Waals surface area contributed by atoms with E-state index in [0.717, 1.165) is 0 Å². The average molecular weight is 1530 g/mol. The number of H-pyrrole nitrogens is 2. The third-order valence-electron chi connectivity index (χ3n) is 16.2. The molecule has 0 saturated heterocycles. The Morgan fingerprint density at radius 1 is 0.183 bits per heavy atom. The van der Waals surface area contributed by atoms with Gasteiger partial charge < -0.3 is 9.97 Å². The Kier molecular flexibility index (Phi) is 17.5. The molecule has 4 aliphatic heterocycles. The van der Waals surface area contributed by atoms with Crippen LogP contribution >= 0.6 is 23.2 Å². The normalized spacial score (nSPS) is 14.0. The van der Waals surface area contributed by atoms with Crippen molar-refractivity contribution < 1.29 is 132 Å². The quantitative estimate of drug-likeness (QED) is 0.0752. The summed E-state index contributed by atoms with van der Waals surface area (Å²) in [5.74, 6) is -87.2. The van der Waals surface area contributed by atoms with E-state index in [2.05, 4.69) is 24.9 Å². The van der Waals surface area contributed by atoms with Crippen LogP contribution in [0.3, 0.4) is 0 Å². The van der Waals surface area contributed by atoms with E-state index in [1.807, 2.05) is 4.98 Å². The Hall–Kier alpha value is -11.0. The number of nitrogens with one attached hydrogen (secondary N) is 2. The molecule has 9 aromatic rings. The first-order valence-electron chi connectivity index (χ1n) is 27.9. The van der Waals surface area contributed by atoms with Gasteiger partial charge in [-0.2, -0.15) is 0 Å². The second-order valence-electron chi connectivity index (χ2n) is 21.8. The molecular weight excluding hydrogens is 1520 g/mol. The van der Waals surface area contributed by atoms with E-state index >= 15 is 105 Å². The average Bonchev–Trinajstić information content (AvgIpc) is 1.56. The van der Waals surface area contributed by atoms with E-state index in [1.54, 1.807) is 0 Å². The largest absolute Gasteiger partial charge is 0.354 e. The smallest absolute Gasteiger partial charge is 0.200 e. The van der Waals surface area contributed by atoms with Gasteiger partial charge in [-0.1, -0.05) is 0 Å².